The van der Waals surface area contributed by atoms with Crippen molar-refractivity contribution in [3.05, 3.63) is 71.8 Å². The summed E-state index contributed by atoms with van der Waals surface area (Å²) < 4.78 is 6.69. The molecule has 1 aliphatic heterocycles. The maximum absolute atomic E-state index is 6.00. The van der Waals surface area contributed by atoms with Crippen molar-refractivity contribution >= 4 is 23.5 Å². The van der Waals surface area contributed by atoms with Crippen molar-refractivity contribution in [1.29, 1.82) is 0 Å². The van der Waals surface area contributed by atoms with Crippen LogP contribution in [0.2, 0.25) is 0 Å². The van der Waals surface area contributed by atoms with Gasteiger partial charge in [-0.3, -0.25) is 0 Å². The number of rotatable bonds is 7. The molecule has 1 fully saturated rings. The van der Waals surface area contributed by atoms with Crippen LogP contribution in [0.4, 0.5) is 0 Å². The molecule has 0 amide bonds. The van der Waals surface area contributed by atoms with E-state index in [0.717, 1.165) is 19.0 Å². The minimum Gasteiger partial charge on any atom is -0.376 e. The zero-order valence-electron chi connectivity index (χ0n) is 13.6. The van der Waals surface area contributed by atoms with E-state index in [4.69, 9.17) is 4.74 Å². The SMILES string of the molecule is C[C@]1(COCc2ccccc2)CSC(SCc2ccccc2)C1. The first-order valence-corrected chi connectivity index (χ1v) is 10.2. The summed E-state index contributed by atoms with van der Waals surface area (Å²) in [5.74, 6) is 2.31. The molecule has 1 heterocycles. The van der Waals surface area contributed by atoms with Crippen LogP contribution < -0.4 is 0 Å². The van der Waals surface area contributed by atoms with Crippen LogP contribution in [-0.2, 0) is 17.1 Å². The molecule has 2 atom stereocenters. The summed E-state index contributed by atoms with van der Waals surface area (Å²) in [6.45, 7) is 3.95. The van der Waals surface area contributed by atoms with Crippen molar-refractivity contribution in [2.45, 2.75) is 30.3 Å². The Morgan fingerprint density at radius 3 is 2.39 bits per heavy atom. The standard InChI is InChI=1S/C20H24OS2/c1-20(15-21-13-17-8-4-2-5-9-17)12-19(23-16-20)22-14-18-10-6-3-7-11-18/h2-11,19H,12-16H2,1H3/t19?,20-/m0/s1. The highest BCUT2D eigenvalue weighted by Gasteiger charge is 2.36. The molecule has 3 heteroatoms. The molecule has 1 unspecified atom stereocenters. The maximum Gasteiger partial charge on any atom is 0.0717 e. The molecule has 0 N–H and O–H groups in total. The van der Waals surface area contributed by atoms with Crippen LogP contribution in [0.1, 0.15) is 24.5 Å². The van der Waals surface area contributed by atoms with Gasteiger partial charge in [-0.15, -0.1) is 23.5 Å². The Morgan fingerprint density at radius 2 is 1.70 bits per heavy atom. The fourth-order valence-electron chi connectivity index (χ4n) is 2.77. The highest BCUT2D eigenvalue weighted by Crippen LogP contribution is 2.46. The summed E-state index contributed by atoms with van der Waals surface area (Å²) >= 11 is 4.17. The number of hydrogen-bond donors (Lipinski definition) is 0. The lowest BCUT2D eigenvalue weighted by Gasteiger charge is -2.23. The Morgan fingerprint density at radius 1 is 1.04 bits per heavy atom. The molecule has 0 spiro atoms. The summed E-state index contributed by atoms with van der Waals surface area (Å²) in [5.41, 5.74) is 3.00. The van der Waals surface area contributed by atoms with E-state index in [0.29, 0.717) is 10.00 Å². The van der Waals surface area contributed by atoms with Gasteiger partial charge in [0.2, 0.25) is 0 Å². The number of ether oxygens (including phenoxy) is 1. The van der Waals surface area contributed by atoms with Crippen LogP contribution in [0.25, 0.3) is 0 Å². The lowest BCUT2D eigenvalue weighted by Crippen LogP contribution is -2.23. The molecular formula is C20H24OS2. The lowest BCUT2D eigenvalue weighted by atomic mass is 9.91. The molecule has 0 radical (unpaired) electrons. The van der Waals surface area contributed by atoms with Crippen LogP contribution in [0.5, 0.6) is 0 Å². The second-order valence-corrected chi connectivity index (χ2v) is 9.21. The number of hydrogen-bond acceptors (Lipinski definition) is 3. The fourth-order valence-corrected chi connectivity index (χ4v) is 5.97. The van der Waals surface area contributed by atoms with Gasteiger partial charge >= 0.3 is 0 Å². The molecule has 23 heavy (non-hydrogen) atoms. The Labute approximate surface area is 148 Å². The first kappa shape index (κ1) is 16.9. The molecule has 0 bridgehead atoms. The Hall–Kier alpha value is -0.900. The maximum atomic E-state index is 6.00. The predicted molar refractivity (Wildman–Crippen MR) is 103 cm³/mol. The smallest absolute Gasteiger partial charge is 0.0717 e. The summed E-state index contributed by atoms with van der Waals surface area (Å²) in [4.78, 5) is 0. The van der Waals surface area contributed by atoms with Gasteiger partial charge in [0.25, 0.3) is 0 Å². The zero-order valence-corrected chi connectivity index (χ0v) is 15.2. The van der Waals surface area contributed by atoms with Crippen LogP contribution in [0.3, 0.4) is 0 Å². The lowest BCUT2D eigenvalue weighted by molar-refractivity contribution is 0.0543. The normalized spacial score (nSPS) is 24.0. The Balaban J connectivity index is 1.41. The molecule has 1 saturated heterocycles. The van der Waals surface area contributed by atoms with E-state index in [1.165, 1.54) is 23.3 Å². The monoisotopic (exact) mass is 344 g/mol. The Bertz CT molecular complexity index is 587. The summed E-state index contributed by atoms with van der Waals surface area (Å²) in [7, 11) is 0. The average Bonchev–Trinajstić information content (AvgIpc) is 2.96. The van der Waals surface area contributed by atoms with E-state index in [9.17, 15) is 0 Å². The van der Waals surface area contributed by atoms with Crippen LogP contribution in [-0.4, -0.2) is 16.9 Å². The van der Waals surface area contributed by atoms with Crippen molar-refractivity contribution in [1.82, 2.24) is 0 Å². The van der Waals surface area contributed by atoms with E-state index in [1.807, 2.05) is 6.07 Å². The molecule has 0 aromatic heterocycles. The van der Waals surface area contributed by atoms with Gasteiger partial charge < -0.3 is 4.74 Å². The van der Waals surface area contributed by atoms with Crippen molar-refractivity contribution < 1.29 is 4.74 Å². The minimum atomic E-state index is 0.313. The molecule has 122 valence electrons. The number of benzene rings is 2. The van der Waals surface area contributed by atoms with E-state index < -0.39 is 0 Å². The highest BCUT2D eigenvalue weighted by atomic mass is 32.2. The predicted octanol–water partition coefficient (Wildman–Crippen LogP) is 5.61. The summed E-state index contributed by atoms with van der Waals surface area (Å²) in [5, 5.41) is 0. The van der Waals surface area contributed by atoms with E-state index >= 15 is 0 Å². The van der Waals surface area contributed by atoms with Gasteiger partial charge in [-0.1, -0.05) is 67.6 Å². The molecular weight excluding hydrogens is 320 g/mol. The highest BCUT2D eigenvalue weighted by molar-refractivity contribution is 8.16. The third kappa shape index (κ3) is 5.30. The van der Waals surface area contributed by atoms with Crippen LogP contribution in [0.15, 0.2) is 60.7 Å². The molecule has 1 nitrogen and oxygen atoms in total. The average molecular weight is 345 g/mol. The summed E-state index contributed by atoms with van der Waals surface area (Å²) in [6.07, 6.45) is 1.24. The third-order valence-electron chi connectivity index (χ3n) is 4.12. The Kier molecular flexibility index (Phi) is 6.09. The van der Waals surface area contributed by atoms with Crippen molar-refractivity contribution in [3.8, 4) is 0 Å². The van der Waals surface area contributed by atoms with Crippen LogP contribution in [0, 0.1) is 5.41 Å². The van der Waals surface area contributed by atoms with Gasteiger partial charge in [0.15, 0.2) is 0 Å². The zero-order chi connectivity index (χ0) is 16.0. The largest absolute Gasteiger partial charge is 0.376 e. The van der Waals surface area contributed by atoms with Gasteiger partial charge in [-0.2, -0.15) is 0 Å². The van der Waals surface area contributed by atoms with Crippen molar-refractivity contribution in [2.24, 2.45) is 5.41 Å². The second-order valence-electron chi connectivity index (χ2n) is 6.53. The quantitative estimate of drug-likeness (QED) is 0.646. The van der Waals surface area contributed by atoms with Crippen LogP contribution >= 0.6 is 23.5 Å². The van der Waals surface area contributed by atoms with E-state index in [1.54, 1.807) is 0 Å². The number of thioether (sulfide) groups is 2. The molecule has 1 aliphatic rings. The van der Waals surface area contributed by atoms with Gasteiger partial charge in [-0.05, 0) is 17.5 Å². The van der Waals surface area contributed by atoms with Gasteiger partial charge in [0.1, 0.15) is 0 Å². The minimum absolute atomic E-state index is 0.313. The van der Waals surface area contributed by atoms with Gasteiger partial charge in [0.05, 0.1) is 17.8 Å². The molecule has 0 saturated carbocycles. The van der Waals surface area contributed by atoms with E-state index in [-0.39, 0.29) is 0 Å². The molecule has 3 rings (SSSR count). The van der Waals surface area contributed by atoms with E-state index in [2.05, 4.69) is 85.0 Å². The summed E-state index contributed by atoms with van der Waals surface area (Å²) in [6, 6.07) is 21.2. The third-order valence-corrected chi connectivity index (χ3v) is 7.37. The van der Waals surface area contributed by atoms with Gasteiger partial charge in [-0.25, -0.2) is 0 Å². The molecule has 2 aromatic carbocycles. The topological polar surface area (TPSA) is 9.23 Å². The van der Waals surface area contributed by atoms with Crippen molar-refractivity contribution in [2.75, 3.05) is 12.4 Å². The van der Waals surface area contributed by atoms with Gasteiger partial charge in [0, 0.05) is 16.9 Å². The first-order valence-electron chi connectivity index (χ1n) is 8.12. The van der Waals surface area contributed by atoms with Crippen molar-refractivity contribution in [3.63, 3.8) is 0 Å². The fraction of sp³-hybridized carbons (Fsp3) is 0.400. The molecule has 2 aromatic rings. The first-order chi connectivity index (χ1) is 11.2. The second kappa shape index (κ2) is 8.27. The molecule has 0 aliphatic carbocycles.